The van der Waals surface area contributed by atoms with E-state index < -0.39 is 0 Å². The molecule has 112 valence electrons. The van der Waals surface area contributed by atoms with Crippen molar-refractivity contribution in [2.75, 3.05) is 13.7 Å². The molecule has 0 aliphatic carbocycles. The van der Waals surface area contributed by atoms with Gasteiger partial charge in [0.15, 0.2) is 0 Å². The fourth-order valence-corrected chi connectivity index (χ4v) is 2.57. The molecule has 0 saturated carbocycles. The Bertz CT molecular complexity index is 598. The summed E-state index contributed by atoms with van der Waals surface area (Å²) >= 11 is 6.21. The molecule has 0 radical (unpaired) electrons. The first-order valence-electron chi connectivity index (χ1n) is 7.33. The maximum absolute atomic E-state index is 6.21. The van der Waals surface area contributed by atoms with Crippen molar-refractivity contribution < 1.29 is 4.74 Å². The lowest BCUT2D eigenvalue weighted by atomic mass is 10.00. The number of benzene rings is 2. The Balaban J connectivity index is 2.26. The zero-order valence-electron chi connectivity index (χ0n) is 12.8. The summed E-state index contributed by atoms with van der Waals surface area (Å²) in [7, 11) is 1.63. The van der Waals surface area contributed by atoms with Gasteiger partial charge in [-0.15, -0.1) is 0 Å². The van der Waals surface area contributed by atoms with Crippen molar-refractivity contribution in [1.82, 2.24) is 5.32 Å². The van der Waals surface area contributed by atoms with Crippen LogP contribution in [0.1, 0.15) is 31.9 Å². The van der Waals surface area contributed by atoms with Crippen LogP contribution in [0.4, 0.5) is 0 Å². The largest absolute Gasteiger partial charge is 0.495 e. The van der Waals surface area contributed by atoms with E-state index in [0.29, 0.717) is 16.8 Å². The molecule has 1 unspecified atom stereocenters. The van der Waals surface area contributed by atoms with Crippen LogP contribution in [0.2, 0.25) is 5.02 Å². The van der Waals surface area contributed by atoms with Gasteiger partial charge in [-0.2, -0.15) is 0 Å². The summed E-state index contributed by atoms with van der Waals surface area (Å²) < 4.78 is 5.20. The third-order valence-electron chi connectivity index (χ3n) is 3.57. The van der Waals surface area contributed by atoms with Crippen LogP contribution in [-0.2, 0) is 0 Å². The molecule has 0 heterocycles. The summed E-state index contributed by atoms with van der Waals surface area (Å²) in [6.07, 6.45) is 1.14. The molecule has 2 aromatic rings. The number of ether oxygens (including phenoxy) is 1. The molecular formula is C18H22ClNO. The van der Waals surface area contributed by atoms with Gasteiger partial charge >= 0.3 is 0 Å². The highest BCUT2D eigenvalue weighted by atomic mass is 35.5. The van der Waals surface area contributed by atoms with Gasteiger partial charge in [0.05, 0.1) is 12.1 Å². The first-order chi connectivity index (χ1) is 10.2. The number of hydrogen-bond acceptors (Lipinski definition) is 2. The number of nitrogens with one attached hydrogen (secondary N) is 1. The maximum Gasteiger partial charge on any atom is 0.137 e. The van der Waals surface area contributed by atoms with E-state index in [4.69, 9.17) is 16.3 Å². The molecule has 2 nitrogen and oxygen atoms in total. The van der Waals surface area contributed by atoms with Gasteiger partial charge in [0.2, 0.25) is 0 Å². The SMILES string of the molecule is CCCNC(C)c1cccc(-c2ccc(OC)c(Cl)c2)c1. The molecule has 0 aliphatic heterocycles. The van der Waals surface area contributed by atoms with Gasteiger partial charge in [0.25, 0.3) is 0 Å². The van der Waals surface area contributed by atoms with Crippen molar-refractivity contribution in [3.63, 3.8) is 0 Å². The quantitative estimate of drug-likeness (QED) is 0.804. The third kappa shape index (κ3) is 3.99. The van der Waals surface area contributed by atoms with Crippen LogP contribution in [0.5, 0.6) is 5.75 Å². The lowest BCUT2D eigenvalue weighted by Gasteiger charge is -2.15. The fourth-order valence-electron chi connectivity index (χ4n) is 2.31. The third-order valence-corrected chi connectivity index (χ3v) is 3.87. The van der Waals surface area contributed by atoms with Gasteiger partial charge in [-0.05, 0) is 54.8 Å². The van der Waals surface area contributed by atoms with E-state index in [-0.39, 0.29) is 0 Å². The summed E-state index contributed by atoms with van der Waals surface area (Å²) in [5.41, 5.74) is 3.56. The molecule has 0 fully saturated rings. The molecule has 2 rings (SSSR count). The van der Waals surface area contributed by atoms with Gasteiger partial charge in [0.1, 0.15) is 5.75 Å². The van der Waals surface area contributed by atoms with Crippen molar-refractivity contribution in [3.05, 3.63) is 53.1 Å². The van der Waals surface area contributed by atoms with E-state index >= 15 is 0 Å². The van der Waals surface area contributed by atoms with E-state index in [9.17, 15) is 0 Å². The highest BCUT2D eigenvalue weighted by molar-refractivity contribution is 6.32. The smallest absolute Gasteiger partial charge is 0.137 e. The minimum atomic E-state index is 0.346. The van der Waals surface area contributed by atoms with Crippen molar-refractivity contribution in [2.24, 2.45) is 0 Å². The van der Waals surface area contributed by atoms with E-state index in [1.165, 1.54) is 11.1 Å². The zero-order valence-corrected chi connectivity index (χ0v) is 13.6. The summed E-state index contributed by atoms with van der Waals surface area (Å²) in [5.74, 6) is 0.703. The van der Waals surface area contributed by atoms with E-state index in [0.717, 1.165) is 18.5 Å². The summed E-state index contributed by atoms with van der Waals surface area (Å²) in [4.78, 5) is 0. The predicted octanol–water partition coefficient (Wildman–Crippen LogP) is 5.08. The second-order valence-corrected chi connectivity index (χ2v) is 5.56. The highest BCUT2D eigenvalue weighted by Crippen LogP contribution is 2.31. The Morgan fingerprint density at radius 2 is 1.90 bits per heavy atom. The molecule has 0 bridgehead atoms. The second-order valence-electron chi connectivity index (χ2n) is 5.15. The lowest BCUT2D eigenvalue weighted by Crippen LogP contribution is -2.19. The Kier molecular flexibility index (Phi) is 5.66. The van der Waals surface area contributed by atoms with Crippen LogP contribution in [0.25, 0.3) is 11.1 Å². The van der Waals surface area contributed by atoms with Crippen molar-refractivity contribution in [1.29, 1.82) is 0 Å². The van der Waals surface area contributed by atoms with E-state index in [1.807, 2.05) is 18.2 Å². The average Bonchev–Trinajstić information content (AvgIpc) is 2.52. The molecule has 1 N–H and O–H groups in total. The topological polar surface area (TPSA) is 21.3 Å². The Hall–Kier alpha value is -1.51. The summed E-state index contributed by atoms with van der Waals surface area (Å²) in [5, 5.41) is 4.15. The number of methoxy groups -OCH3 is 1. The van der Waals surface area contributed by atoms with Gasteiger partial charge in [-0.1, -0.05) is 42.8 Å². The minimum absolute atomic E-state index is 0.346. The Morgan fingerprint density at radius 1 is 1.14 bits per heavy atom. The van der Waals surface area contributed by atoms with E-state index in [2.05, 4.69) is 43.4 Å². The predicted molar refractivity (Wildman–Crippen MR) is 90.1 cm³/mol. The maximum atomic E-state index is 6.21. The van der Waals surface area contributed by atoms with Crippen LogP contribution in [0.3, 0.4) is 0 Å². The molecule has 0 spiro atoms. The first kappa shape index (κ1) is 15.9. The van der Waals surface area contributed by atoms with Crippen LogP contribution in [0.15, 0.2) is 42.5 Å². The van der Waals surface area contributed by atoms with Gasteiger partial charge in [0, 0.05) is 6.04 Å². The molecule has 0 aliphatic rings. The standard InChI is InChI=1S/C18H22ClNO/c1-4-10-20-13(2)14-6-5-7-15(11-14)16-8-9-18(21-3)17(19)12-16/h5-9,11-13,20H,4,10H2,1-3H3. The van der Waals surface area contributed by atoms with Crippen molar-refractivity contribution in [2.45, 2.75) is 26.3 Å². The van der Waals surface area contributed by atoms with Crippen LogP contribution >= 0.6 is 11.6 Å². The second kappa shape index (κ2) is 7.48. The normalized spacial score (nSPS) is 12.2. The Labute approximate surface area is 132 Å². The van der Waals surface area contributed by atoms with E-state index in [1.54, 1.807) is 7.11 Å². The monoisotopic (exact) mass is 303 g/mol. The minimum Gasteiger partial charge on any atom is -0.495 e. The molecule has 3 heteroatoms. The number of rotatable bonds is 6. The molecule has 0 aromatic heterocycles. The number of halogens is 1. The van der Waals surface area contributed by atoms with Gasteiger partial charge in [-0.25, -0.2) is 0 Å². The number of hydrogen-bond donors (Lipinski definition) is 1. The summed E-state index contributed by atoms with van der Waals surface area (Å²) in [6.45, 7) is 5.39. The highest BCUT2D eigenvalue weighted by Gasteiger charge is 2.07. The molecule has 2 aromatic carbocycles. The van der Waals surface area contributed by atoms with Crippen LogP contribution in [-0.4, -0.2) is 13.7 Å². The molecule has 1 atom stereocenters. The first-order valence-corrected chi connectivity index (χ1v) is 7.70. The van der Waals surface area contributed by atoms with Crippen LogP contribution in [0, 0.1) is 0 Å². The summed E-state index contributed by atoms with van der Waals surface area (Å²) in [6, 6.07) is 14.8. The van der Waals surface area contributed by atoms with Crippen molar-refractivity contribution in [3.8, 4) is 16.9 Å². The molecule has 0 amide bonds. The zero-order chi connectivity index (χ0) is 15.2. The fraction of sp³-hybridized carbons (Fsp3) is 0.333. The molecule has 21 heavy (non-hydrogen) atoms. The lowest BCUT2D eigenvalue weighted by molar-refractivity contribution is 0.415. The van der Waals surface area contributed by atoms with Crippen molar-refractivity contribution >= 4 is 11.6 Å². The average molecular weight is 304 g/mol. The molecular weight excluding hydrogens is 282 g/mol. The van der Waals surface area contributed by atoms with Crippen LogP contribution < -0.4 is 10.1 Å². The van der Waals surface area contributed by atoms with Gasteiger partial charge < -0.3 is 10.1 Å². The molecule has 0 saturated heterocycles. The Morgan fingerprint density at radius 3 is 2.57 bits per heavy atom. The van der Waals surface area contributed by atoms with Gasteiger partial charge in [-0.3, -0.25) is 0 Å².